The third kappa shape index (κ3) is 6.70. The standard InChI is InChI=1S/C44H76O2/c1-10-11-12-13-14-15-16-17-18-19-20-21-38(45)46-37-25-26-42(7)35(40(37,4)5)24-27-44(9)36(42)23-22-33-34-32-39(2,3)28-29-41(34,6)30-31-43(33,44)8/h22,34-37H,10-21,23-32H2,1-9H3/t34-,35-,36+,37-,41+,42-,43+,44+/m0/s1. The van der Waals surface area contributed by atoms with Crippen LogP contribution in [0, 0.1) is 50.2 Å². The van der Waals surface area contributed by atoms with Crippen LogP contribution in [0.15, 0.2) is 11.6 Å². The Morgan fingerprint density at radius 3 is 1.98 bits per heavy atom. The number of allylic oxidation sites excluding steroid dienone is 2. The van der Waals surface area contributed by atoms with Crippen molar-refractivity contribution < 1.29 is 9.53 Å². The maximum absolute atomic E-state index is 13.1. The highest BCUT2D eigenvalue weighted by Gasteiger charge is 2.68. The van der Waals surface area contributed by atoms with Crippen LogP contribution in [0.2, 0.25) is 0 Å². The van der Waals surface area contributed by atoms with E-state index in [9.17, 15) is 4.79 Å². The van der Waals surface area contributed by atoms with Crippen molar-refractivity contribution in [2.75, 3.05) is 0 Å². The average molecular weight is 637 g/mol. The van der Waals surface area contributed by atoms with Gasteiger partial charge in [-0.1, -0.05) is 138 Å². The summed E-state index contributed by atoms with van der Waals surface area (Å²) in [6.45, 7) is 23.0. The van der Waals surface area contributed by atoms with Crippen molar-refractivity contribution in [2.45, 2.75) is 210 Å². The lowest BCUT2D eigenvalue weighted by molar-refractivity contribution is -0.212. The number of fused-ring (bicyclic) bond motifs is 7. The molecular weight excluding hydrogens is 560 g/mol. The number of unbranched alkanes of at least 4 members (excludes halogenated alkanes) is 10. The van der Waals surface area contributed by atoms with E-state index in [0.29, 0.717) is 39.4 Å². The highest BCUT2D eigenvalue weighted by atomic mass is 16.5. The van der Waals surface area contributed by atoms with Crippen LogP contribution in [0.1, 0.15) is 204 Å². The Balaban J connectivity index is 1.17. The van der Waals surface area contributed by atoms with Crippen LogP contribution in [-0.2, 0) is 9.53 Å². The van der Waals surface area contributed by atoms with E-state index in [-0.39, 0.29) is 17.5 Å². The monoisotopic (exact) mass is 637 g/mol. The van der Waals surface area contributed by atoms with Crippen LogP contribution >= 0.6 is 0 Å². The Morgan fingerprint density at radius 1 is 0.717 bits per heavy atom. The topological polar surface area (TPSA) is 26.3 Å². The van der Waals surface area contributed by atoms with Gasteiger partial charge in [-0.05, 0) is 115 Å². The first kappa shape index (κ1) is 36.5. The zero-order chi connectivity index (χ0) is 33.4. The van der Waals surface area contributed by atoms with Crippen molar-refractivity contribution in [1.82, 2.24) is 0 Å². The van der Waals surface area contributed by atoms with Gasteiger partial charge in [0, 0.05) is 11.8 Å². The van der Waals surface area contributed by atoms with Crippen LogP contribution in [0.25, 0.3) is 0 Å². The molecule has 0 amide bonds. The molecule has 264 valence electrons. The molecular formula is C44H76O2. The molecule has 4 fully saturated rings. The fourth-order valence-corrected chi connectivity index (χ4v) is 12.9. The minimum absolute atomic E-state index is 0.0323. The molecule has 4 saturated carbocycles. The summed E-state index contributed by atoms with van der Waals surface area (Å²) in [5.74, 6) is 2.18. The fraction of sp³-hybridized carbons (Fsp3) is 0.932. The summed E-state index contributed by atoms with van der Waals surface area (Å²) in [4.78, 5) is 13.1. The van der Waals surface area contributed by atoms with Crippen LogP contribution in [0.3, 0.4) is 0 Å². The summed E-state index contributed by atoms with van der Waals surface area (Å²) in [5, 5.41) is 0. The van der Waals surface area contributed by atoms with Gasteiger partial charge < -0.3 is 4.74 Å². The van der Waals surface area contributed by atoms with Gasteiger partial charge in [0.15, 0.2) is 0 Å². The first-order valence-corrected chi connectivity index (χ1v) is 20.5. The highest BCUT2D eigenvalue weighted by molar-refractivity contribution is 5.69. The Kier molecular flexibility index (Phi) is 11.0. The Morgan fingerprint density at radius 2 is 1.33 bits per heavy atom. The normalized spacial score (nSPS) is 40.9. The molecule has 0 N–H and O–H groups in total. The minimum atomic E-state index is 0.0323. The second kappa shape index (κ2) is 13.8. The summed E-state index contributed by atoms with van der Waals surface area (Å²) in [7, 11) is 0. The third-order valence-corrected chi connectivity index (χ3v) is 16.3. The predicted octanol–water partition coefficient (Wildman–Crippen LogP) is 13.4. The van der Waals surface area contributed by atoms with Gasteiger partial charge in [0.2, 0.25) is 0 Å². The highest BCUT2D eigenvalue weighted by Crippen LogP contribution is 2.75. The van der Waals surface area contributed by atoms with Crippen molar-refractivity contribution in [1.29, 1.82) is 0 Å². The molecule has 0 heterocycles. The molecule has 0 bridgehead atoms. The van der Waals surface area contributed by atoms with E-state index < -0.39 is 0 Å². The third-order valence-electron chi connectivity index (χ3n) is 16.3. The van der Waals surface area contributed by atoms with E-state index in [2.05, 4.69) is 68.4 Å². The van der Waals surface area contributed by atoms with E-state index in [1.54, 1.807) is 0 Å². The van der Waals surface area contributed by atoms with Crippen molar-refractivity contribution in [3.63, 3.8) is 0 Å². The number of rotatable bonds is 13. The minimum Gasteiger partial charge on any atom is -0.462 e. The van der Waals surface area contributed by atoms with Gasteiger partial charge in [-0.15, -0.1) is 0 Å². The zero-order valence-corrected chi connectivity index (χ0v) is 32.3. The van der Waals surface area contributed by atoms with E-state index in [1.807, 2.05) is 5.57 Å². The van der Waals surface area contributed by atoms with Crippen molar-refractivity contribution >= 4 is 5.97 Å². The van der Waals surface area contributed by atoms with Gasteiger partial charge in [0.05, 0.1) is 0 Å². The van der Waals surface area contributed by atoms with Crippen LogP contribution in [-0.4, -0.2) is 12.1 Å². The van der Waals surface area contributed by atoms with Crippen molar-refractivity contribution in [3.8, 4) is 0 Å². The molecule has 0 aromatic rings. The van der Waals surface area contributed by atoms with Crippen LogP contribution < -0.4 is 0 Å². The van der Waals surface area contributed by atoms with Gasteiger partial charge in [0.1, 0.15) is 6.10 Å². The lowest BCUT2D eigenvalue weighted by Crippen LogP contribution is -2.64. The molecule has 0 unspecified atom stereocenters. The summed E-state index contributed by atoms with van der Waals surface area (Å²) in [5.41, 5.74) is 3.88. The molecule has 46 heavy (non-hydrogen) atoms. The summed E-state index contributed by atoms with van der Waals surface area (Å²) in [6.07, 6.45) is 31.1. The average Bonchev–Trinajstić information content (AvgIpc) is 2.98. The van der Waals surface area contributed by atoms with Gasteiger partial charge >= 0.3 is 5.97 Å². The van der Waals surface area contributed by atoms with Crippen molar-refractivity contribution in [3.05, 3.63) is 11.6 Å². The molecule has 5 aliphatic rings. The lowest BCUT2D eigenvalue weighted by Gasteiger charge is -2.71. The van der Waals surface area contributed by atoms with Gasteiger partial charge in [-0.25, -0.2) is 0 Å². The van der Waals surface area contributed by atoms with E-state index in [1.165, 1.54) is 122 Å². The number of hydrogen-bond acceptors (Lipinski definition) is 2. The number of carbonyl (C=O) groups is 1. The molecule has 0 saturated heterocycles. The van der Waals surface area contributed by atoms with Gasteiger partial charge in [-0.2, -0.15) is 0 Å². The van der Waals surface area contributed by atoms with Gasteiger partial charge in [-0.3, -0.25) is 4.79 Å². The van der Waals surface area contributed by atoms with Crippen LogP contribution in [0.4, 0.5) is 0 Å². The van der Waals surface area contributed by atoms with Crippen LogP contribution in [0.5, 0.6) is 0 Å². The fourth-order valence-electron chi connectivity index (χ4n) is 12.9. The number of hydrogen-bond donors (Lipinski definition) is 0. The lowest BCUT2D eigenvalue weighted by atomic mass is 9.33. The molecule has 8 atom stereocenters. The summed E-state index contributed by atoms with van der Waals surface area (Å²) in [6, 6.07) is 0. The molecule has 5 rings (SSSR count). The molecule has 0 aromatic heterocycles. The number of esters is 1. The maximum atomic E-state index is 13.1. The smallest absolute Gasteiger partial charge is 0.306 e. The molecule has 5 aliphatic carbocycles. The number of carbonyl (C=O) groups excluding carboxylic acids is 1. The second-order valence-electron chi connectivity index (χ2n) is 20.0. The zero-order valence-electron chi connectivity index (χ0n) is 32.3. The summed E-state index contributed by atoms with van der Waals surface area (Å²) < 4.78 is 6.40. The van der Waals surface area contributed by atoms with Gasteiger partial charge in [0.25, 0.3) is 0 Å². The summed E-state index contributed by atoms with van der Waals surface area (Å²) >= 11 is 0. The Bertz CT molecular complexity index is 1080. The Labute approximate surface area is 286 Å². The van der Waals surface area contributed by atoms with E-state index in [4.69, 9.17) is 4.74 Å². The number of ether oxygens (including phenoxy) is 1. The first-order valence-electron chi connectivity index (χ1n) is 20.5. The Hall–Kier alpha value is -0.790. The first-order chi connectivity index (χ1) is 21.6. The molecule has 2 heteroatoms. The maximum Gasteiger partial charge on any atom is 0.306 e. The largest absolute Gasteiger partial charge is 0.462 e. The van der Waals surface area contributed by atoms with Crippen molar-refractivity contribution in [2.24, 2.45) is 50.2 Å². The van der Waals surface area contributed by atoms with E-state index >= 15 is 0 Å². The molecule has 0 aromatic carbocycles. The molecule has 2 nitrogen and oxygen atoms in total. The quantitative estimate of drug-likeness (QED) is 0.114. The SMILES string of the molecule is CCCCCCCCCCCCCC(=O)O[C@H]1CC[C@]2(C)[C@H]3CC=C4[C@@H]5CC(C)(C)CC[C@]5(C)CC[C@@]4(C)[C@]3(C)CC[C@H]2C1(C)C. The van der Waals surface area contributed by atoms with E-state index in [0.717, 1.165) is 24.7 Å². The molecule has 0 aliphatic heterocycles. The predicted molar refractivity (Wildman–Crippen MR) is 196 cm³/mol. The molecule has 0 spiro atoms. The second-order valence-corrected chi connectivity index (χ2v) is 20.0. The molecule has 0 radical (unpaired) electrons.